The van der Waals surface area contributed by atoms with E-state index < -0.39 is 18.4 Å². The maximum absolute atomic E-state index is 13.8. The lowest BCUT2D eigenvalue weighted by Gasteiger charge is -2.19. The minimum atomic E-state index is -2.88. The summed E-state index contributed by atoms with van der Waals surface area (Å²) in [6, 6.07) is 3.82. The van der Waals surface area contributed by atoms with Gasteiger partial charge in [0.15, 0.2) is 5.65 Å². The van der Waals surface area contributed by atoms with Crippen molar-refractivity contribution < 1.29 is 17.6 Å². The van der Waals surface area contributed by atoms with Gasteiger partial charge in [-0.05, 0) is 12.1 Å². The van der Waals surface area contributed by atoms with Crippen molar-refractivity contribution in [1.82, 2.24) is 24.7 Å². The van der Waals surface area contributed by atoms with E-state index in [4.69, 9.17) is 0 Å². The molecule has 1 unspecified atom stereocenters. The molecule has 0 saturated carbocycles. The molecule has 0 spiro atoms. The maximum Gasteiger partial charge on any atom is 0.281 e. The minimum Gasteiger partial charge on any atom is -0.360 e. The van der Waals surface area contributed by atoms with Crippen molar-refractivity contribution in [1.29, 1.82) is 0 Å². The van der Waals surface area contributed by atoms with Crippen molar-refractivity contribution in [3.8, 4) is 11.4 Å². The van der Waals surface area contributed by atoms with Gasteiger partial charge >= 0.3 is 0 Å². The van der Waals surface area contributed by atoms with Gasteiger partial charge in [-0.15, -0.1) is 0 Å². The number of nitrogens with one attached hydrogen (secondary N) is 2. The predicted octanol–water partition coefficient (Wildman–Crippen LogP) is 2.75. The molecule has 1 saturated heterocycles. The smallest absolute Gasteiger partial charge is 0.281 e. The summed E-state index contributed by atoms with van der Waals surface area (Å²) in [7, 11) is 0. The number of imidazole rings is 1. The second-order valence-electron chi connectivity index (χ2n) is 5.98. The van der Waals surface area contributed by atoms with E-state index in [1.807, 2.05) is 0 Å². The van der Waals surface area contributed by atoms with Crippen molar-refractivity contribution in [3.05, 3.63) is 42.5 Å². The van der Waals surface area contributed by atoms with E-state index in [9.17, 15) is 17.6 Å². The molecule has 0 aromatic carbocycles. The van der Waals surface area contributed by atoms with Crippen LogP contribution in [0.3, 0.4) is 0 Å². The molecule has 4 heterocycles. The number of pyridine rings is 1. The van der Waals surface area contributed by atoms with E-state index in [1.54, 1.807) is 18.2 Å². The zero-order valence-electron chi connectivity index (χ0n) is 13.3. The highest BCUT2D eigenvalue weighted by Gasteiger charge is 2.44. The van der Waals surface area contributed by atoms with Crippen LogP contribution in [-0.4, -0.2) is 44.4 Å². The van der Waals surface area contributed by atoms with E-state index in [0.29, 0.717) is 17.0 Å². The first-order chi connectivity index (χ1) is 12.4. The van der Waals surface area contributed by atoms with Crippen LogP contribution in [0.2, 0.25) is 0 Å². The van der Waals surface area contributed by atoms with Gasteiger partial charge in [0, 0.05) is 12.7 Å². The summed E-state index contributed by atoms with van der Waals surface area (Å²) in [6.07, 6.45) is 1.20. The van der Waals surface area contributed by atoms with E-state index in [2.05, 4.69) is 25.6 Å². The fraction of sp³-hybridized carbons (Fsp3) is 0.312. The van der Waals surface area contributed by atoms with E-state index >= 15 is 0 Å². The van der Waals surface area contributed by atoms with Gasteiger partial charge in [0.2, 0.25) is 0 Å². The molecule has 1 atom stereocenters. The van der Waals surface area contributed by atoms with E-state index in [1.165, 1.54) is 23.0 Å². The van der Waals surface area contributed by atoms with Gasteiger partial charge in [-0.1, -0.05) is 6.07 Å². The van der Waals surface area contributed by atoms with Crippen LogP contribution in [-0.2, 0) is 0 Å². The van der Waals surface area contributed by atoms with Crippen molar-refractivity contribution >= 4 is 11.5 Å². The highest BCUT2D eigenvalue weighted by atomic mass is 19.3. The normalized spacial score (nSPS) is 19.3. The number of fused-ring (bicyclic) bond motifs is 1. The third-order valence-corrected chi connectivity index (χ3v) is 4.19. The molecule has 4 rings (SSSR count). The van der Waals surface area contributed by atoms with Gasteiger partial charge in [-0.3, -0.25) is 4.40 Å². The van der Waals surface area contributed by atoms with Crippen LogP contribution in [0.1, 0.15) is 12.1 Å². The molecule has 6 nitrogen and oxygen atoms in total. The molecule has 2 N–H and O–H groups in total. The Morgan fingerprint density at radius 3 is 2.81 bits per heavy atom. The molecule has 3 aromatic heterocycles. The second-order valence-corrected chi connectivity index (χ2v) is 5.98. The first kappa shape index (κ1) is 16.7. The molecule has 0 radical (unpaired) electrons. The van der Waals surface area contributed by atoms with Crippen molar-refractivity contribution in [2.45, 2.75) is 18.4 Å². The Morgan fingerprint density at radius 2 is 2.08 bits per heavy atom. The summed E-state index contributed by atoms with van der Waals surface area (Å²) in [5.74, 6) is -2.60. The molecular formula is C16H14F4N6. The molecule has 0 bridgehead atoms. The molecule has 26 heavy (non-hydrogen) atoms. The Balaban J connectivity index is 1.68. The number of halogens is 4. The number of alkyl halides is 4. The Bertz CT molecular complexity index is 941. The monoisotopic (exact) mass is 366 g/mol. The zero-order valence-corrected chi connectivity index (χ0v) is 13.3. The molecule has 3 aromatic rings. The lowest BCUT2D eigenvalue weighted by atomic mass is 10.2. The third-order valence-electron chi connectivity index (χ3n) is 4.19. The summed E-state index contributed by atoms with van der Waals surface area (Å²) in [6.45, 7) is -0.265. The summed E-state index contributed by atoms with van der Waals surface area (Å²) in [4.78, 5) is 12.1. The summed E-state index contributed by atoms with van der Waals surface area (Å²) in [5, 5.41) is 5.36. The van der Waals surface area contributed by atoms with Crippen molar-refractivity contribution in [2.24, 2.45) is 0 Å². The van der Waals surface area contributed by atoms with Gasteiger partial charge < -0.3 is 10.6 Å². The molecule has 0 amide bonds. The second kappa shape index (κ2) is 6.20. The molecule has 1 aliphatic rings. The number of aromatic nitrogens is 4. The predicted molar refractivity (Wildman–Crippen MR) is 86.4 cm³/mol. The topological polar surface area (TPSA) is 67.1 Å². The van der Waals surface area contributed by atoms with Crippen LogP contribution < -0.4 is 10.6 Å². The number of nitrogens with zero attached hydrogens (tertiary/aromatic N) is 4. The Morgan fingerprint density at radius 1 is 1.23 bits per heavy atom. The SMILES string of the molecule is FC(F)c1cn2c(-c3cccc(NC4CNCC4(F)F)n3)cnc2cn1. The minimum absolute atomic E-state index is 0.123. The van der Waals surface area contributed by atoms with Gasteiger partial charge in [0.1, 0.15) is 17.6 Å². The van der Waals surface area contributed by atoms with Crippen LogP contribution in [0.4, 0.5) is 23.4 Å². The van der Waals surface area contributed by atoms with Gasteiger partial charge in [0.05, 0.1) is 30.3 Å². The molecule has 1 aliphatic heterocycles. The van der Waals surface area contributed by atoms with Crippen molar-refractivity contribution in [2.75, 3.05) is 18.4 Å². The first-order valence-electron chi connectivity index (χ1n) is 7.88. The number of anilines is 1. The fourth-order valence-corrected chi connectivity index (χ4v) is 2.85. The first-order valence-corrected chi connectivity index (χ1v) is 7.88. The Hall–Kier alpha value is -2.75. The van der Waals surface area contributed by atoms with Gasteiger partial charge in [0.25, 0.3) is 12.3 Å². The van der Waals surface area contributed by atoms with Crippen LogP contribution in [0.5, 0.6) is 0 Å². The molecule has 10 heteroatoms. The van der Waals surface area contributed by atoms with E-state index in [-0.39, 0.29) is 24.6 Å². The maximum atomic E-state index is 13.8. The highest BCUT2D eigenvalue weighted by Crippen LogP contribution is 2.26. The highest BCUT2D eigenvalue weighted by molar-refractivity contribution is 5.61. The number of rotatable bonds is 4. The average Bonchev–Trinajstić information content (AvgIpc) is 3.18. The Kier molecular flexibility index (Phi) is 3.98. The lowest BCUT2D eigenvalue weighted by Crippen LogP contribution is -2.38. The molecule has 1 fully saturated rings. The number of hydrogen-bond donors (Lipinski definition) is 2. The van der Waals surface area contributed by atoms with Gasteiger partial charge in [-0.2, -0.15) is 0 Å². The van der Waals surface area contributed by atoms with Crippen molar-refractivity contribution in [3.63, 3.8) is 0 Å². The zero-order chi connectivity index (χ0) is 18.3. The molecule has 0 aliphatic carbocycles. The van der Waals surface area contributed by atoms with Crippen LogP contribution in [0, 0.1) is 0 Å². The average molecular weight is 366 g/mol. The van der Waals surface area contributed by atoms with Crippen LogP contribution >= 0.6 is 0 Å². The lowest BCUT2D eigenvalue weighted by molar-refractivity contribution is 0.0138. The largest absolute Gasteiger partial charge is 0.360 e. The summed E-state index contributed by atoms with van der Waals surface area (Å²) >= 11 is 0. The van der Waals surface area contributed by atoms with Crippen LogP contribution in [0.25, 0.3) is 17.0 Å². The Labute approximate surface area is 145 Å². The summed E-state index contributed by atoms with van der Waals surface area (Å²) in [5.41, 5.74) is 0.881. The van der Waals surface area contributed by atoms with Crippen LogP contribution in [0.15, 0.2) is 36.8 Å². The molecular weight excluding hydrogens is 352 g/mol. The third kappa shape index (κ3) is 2.96. The molecule has 136 valence electrons. The summed E-state index contributed by atoms with van der Waals surface area (Å²) < 4.78 is 54.8. The van der Waals surface area contributed by atoms with E-state index in [0.717, 1.165) is 0 Å². The quantitative estimate of drug-likeness (QED) is 0.695. The van der Waals surface area contributed by atoms with Gasteiger partial charge in [-0.25, -0.2) is 32.5 Å². The standard InChI is InChI=1S/C16H14F4N6/c17-15(18)10-7-26-11(4-23-14(26)6-22-10)9-2-1-3-13(24-9)25-12-5-21-8-16(12,19)20/h1-4,6-7,12,15,21H,5,8H2,(H,24,25). The number of hydrogen-bond acceptors (Lipinski definition) is 5. The fourth-order valence-electron chi connectivity index (χ4n) is 2.85.